The highest BCUT2D eigenvalue weighted by Crippen LogP contribution is 2.24. The molecule has 12 nitrogen and oxygen atoms in total. The Hall–Kier alpha value is -5.17. The van der Waals surface area contributed by atoms with Crippen LogP contribution in [0.2, 0.25) is 0 Å². The number of fused-ring (bicyclic) bond motifs is 1. The van der Waals surface area contributed by atoms with Gasteiger partial charge < -0.3 is 5.32 Å². The van der Waals surface area contributed by atoms with E-state index in [1.165, 1.54) is 24.4 Å². The molecule has 4 rings (SSSR count). The molecule has 0 spiro atoms. The zero-order valence-corrected chi connectivity index (χ0v) is 19.6. The van der Waals surface area contributed by atoms with Crippen LogP contribution in [0.3, 0.4) is 0 Å². The van der Waals surface area contributed by atoms with Crippen LogP contribution >= 0.6 is 0 Å². The number of nitrogens with zero attached hydrogens (tertiary/aromatic N) is 3. The van der Waals surface area contributed by atoms with Gasteiger partial charge in [0.2, 0.25) is 0 Å². The Labute approximate surface area is 209 Å². The van der Waals surface area contributed by atoms with Crippen molar-refractivity contribution in [1.29, 1.82) is 0 Å². The fourth-order valence-corrected chi connectivity index (χ4v) is 4.18. The van der Waals surface area contributed by atoms with E-state index in [2.05, 4.69) is 15.2 Å². The second-order valence-electron chi connectivity index (χ2n) is 7.69. The van der Waals surface area contributed by atoms with Gasteiger partial charge in [0.1, 0.15) is 0 Å². The molecule has 0 fully saturated rings. The van der Waals surface area contributed by atoms with E-state index in [0.29, 0.717) is 11.3 Å². The number of hydrogen-bond donors (Lipinski definition) is 2. The van der Waals surface area contributed by atoms with Crippen LogP contribution in [-0.2, 0) is 10.0 Å². The zero-order chi connectivity index (χ0) is 26.6. The average Bonchev–Trinajstić information content (AvgIpc) is 2.89. The van der Waals surface area contributed by atoms with E-state index in [9.17, 15) is 33.4 Å². The number of amides is 1. The number of nitro groups is 2. The van der Waals surface area contributed by atoms with Gasteiger partial charge in [-0.2, -0.15) is 13.5 Å². The topological polar surface area (TPSA) is 174 Å². The van der Waals surface area contributed by atoms with Crippen molar-refractivity contribution < 1.29 is 23.1 Å². The quantitative estimate of drug-likeness (QED) is 0.199. The number of anilines is 1. The second kappa shape index (κ2) is 10.2. The molecule has 186 valence electrons. The van der Waals surface area contributed by atoms with Crippen molar-refractivity contribution in [3.8, 4) is 0 Å². The molecule has 0 aromatic heterocycles. The molecule has 37 heavy (non-hydrogen) atoms. The van der Waals surface area contributed by atoms with E-state index in [1.807, 2.05) is 18.2 Å². The summed E-state index contributed by atoms with van der Waals surface area (Å²) in [5.74, 6) is -0.781. The number of rotatable bonds is 8. The van der Waals surface area contributed by atoms with E-state index in [1.54, 1.807) is 30.3 Å². The lowest BCUT2D eigenvalue weighted by atomic mass is 10.1. The predicted molar refractivity (Wildman–Crippen MR) is 136 cm³/mol. The number of nitro benzene ring substituents is 2. The van der Waals surface area contributed by atoms with Crippen LogP contribution in [0.5, 0.6) is 0 Å². The van der Waals surface area contributed by atoms with Crippen LogP contribution in [0, 0.1) is 20.2 Å². The van der Waals surface area contributed by atoms with Crippen molar-refractivity contribution in [2.24, 2.45) is 5.10 Å². The molecule has 0 saturated carbocycles. The van der Waals surface area contributed by atoms with Crippen molar-refractivity contribution in [3.05, 3.63) is 116 Å². The Morgan fingerprint density at radius 1 is 0.811 bits per heavy atom. The highest BCUT2D eigenvalue weighted by atomic mass is 32.2. The number of nitrogens with one attached hydrogen (secondary N) is 2. The van der Waals surface area contributed by atoms with Gasteiger partial charge in [0.25, 0.3) is 27.3 Å². The number of benzene rings is 4. The highest BCUT2D eigenvalue weighted by molar-refractivity contribution is 7.89. The van der Waals surface area contributed by atoms with E-state index < -0.39 is 37.2 Å². The third kappa shape index (κ3) is 5.91. The lowest BCUT2D eigenvalue weighted by molar-refractivity contribution is -0.394. The first kappa shape index (κ1) is 24.9. The first-order valence-electron chi connectivity index (χ1n) is 10.5. The summed E-state index contributed by atoms with van der Waals surface area (Å²) in [6.45, 7) is 0. The Kier molecular flexibility index (Phi) is 6.88. The molecule has 0 saturated heterocycles. The number of carbonyl (C=O) groups excluding carboxylic acids is 1. The zero-order valence-electron chi connectivity index (χ0n) is 18.8. The minimum atomic E-state index is -3.90. The highest BCUT2D eigenvalue weighted by Gasteiger charge is 2.20. The first-order valence-corrected chi connectivity index (χ1v) is 12.0. The normalized spacial score (nSPS) is 11.4. The minimum absolute atomic E-state index is 0.0581. The standard InChI is InChI=1S/C24H17N5O7S/c30-24(19-11-21(28(31)32)14-22(12-19)29(33)34)26-20-8-5-16(6-9-20)15-25-27-37(35,36)23-10-7-17-3-1-2-4-18(17)13-23/h1-15,27H,(H,26,30)/b25-15-. The third-order valence-electron chi connectivity index (χ3n) is 5.17. The van der Waals surface area contributed by atoms with Crippen LogP contribution in [-0.4, -0.2) is 30.4 Å². The second-order valence-corrected chi connectivity index (χ2v) is 9.35. The van der Waals surface area contributed by atoms with Crippen molar-refractivity contribution in [2.45, 2.75) is 4.90 Å². The third-order valence-corrected chi connectivity index (χ3v) is 6.39. The average molecular weight is 519 g/mol. The summed E-state index contributed by atoms with van der Waals surface area (Å²) in [5.41, 5.74) is -0.623. The number of hydrogen-bond acceptors (Lipinski definition) is 8. The van der Waals surface area contributed by atoms with Crippen LogP contribution in [0.25, 0.3) is 10.8 Å². The van der Waals surface area contributed by atoms with Gasteiger partial charge in [-0.25, -0.2) is 4.83 Å². The van der Waals surface area contributed by atoms with Crippen LogP contribution in [0.1, 0.15) is 15.9 Å². The SMILES string of the molecule is O=C(Nc1ccc(/C=N\NS(=O)(=O)c2ccc3ccccc3c2)cc1)c1cc([N+](=O)[O-])cc([N+](=O)[O-])c1. The number of non-ortho nitro benzene ring substituents is 2. The number of hydrazone groups is 1. The molecule has 4 aromatic carbocycles. The van der Waals surface area contributed by atoms with Crippen molar-refractivity contribution >= 4 is 50.0 Å². The van der Waals surface area contributed by atoms with Gasteiger partial charge >= 0.3 is 0 Å². The van der Waals surface area contributed by atoms with E-state index in [4.69, 9.17) is 0 Å². The molecule has 0 radical (unpaired) electrons. The van der Waals surface area contributed by atoms with Crippen LogP contribution < -0.4 is 10.1 Å². The van der Waals surface area contributed by atoms with Gasteiger partial charge in [0.05, 0.1) is 32.6 Å². The summed E-state index contributed by atoms with van der Waals surface area (Å²) in [6.07, 6.45) is 1.27. The summed E-state index contributed by atoms with van der Waals surface area (Å²) < 4.78 is 25.1. The monoisotopic (exact) mass is 519 g/mol. The van der Waals surface area contributed by atoms with Gasteiger partial charge in [-0.1, -0.05) is 42.5 Å². The van der Waals surface area contributed by atoms with Crippen molar-refractivity contribution in [3.63, 3.8) is 0 Å². The Morgan fingerprint density at radius 2 is 1.43 bits per heavy atom. The van der Waals surface area contributed by atoms with Gasteiger partial charge in [-0.05, 0) is 40.6 Å². The minimum Gasteiger partial charge on any atom is -0.322 e. The first-order chi connectivity index (χ1) is 17.6. The number of sulfonamides is 1. The lowest BCUT2D eigenvalue weighted by Crippen LogP contribution is -2.18. The molecule has 0 unspecified atom stereocenters. The summed E-state index contributed by atoms with van der Waals surface area (Å²) in [6, 6.07) is 20.8. The van der Waals surface area contributed by atoms with Crippen molar-refractivity contribution in [1.82, 2.24) is 4.83 Å². The largest absolute Gasteiger partial charge is 0.322 e. The molecular formula is C24H17N5O7S. The number of carbonyl (C=O) groups is 1. The van der Waals surface area contributed by atoms with Crippen molar-refractivity contribution in [2.75, 3.05) is 5.32 Å². The molecule has 0 bridgehead atoms. The van der Waals surface area contributed by atoms with Gasteiger partial charge in [0.15, 0.2) is 0 Å². The summed E-state index contributed by atoms with van der Waals surface area (Å²) in [5, 5.41) is 30.0. The maximum atomic E-state index is 12.6. The molecule has 0 aliphatic heterocycles. The lowest BCUT2D eigenvalue weighted by Gasteiger charge is -2.06. The predicted octanol–water partition coefficient (Wildman–Crippen LogP) is 4.22. The molecule has 0 aliphatic carbocycles. The Bertz CT molecular complexity index is 1640. The van der Waals surface area contributed by atoms with E-state index in [-0.39, 0.29) is 10.5 Å². The van der Waals surface area contributed by atoms with E-state index >= 15 is 0 Å². The van der Waals surface area contributed by atoms with E-state index in [0.717, 1.165) is 29.0 Å². The van der Waals surface area contributed by atoms with Crippen LogP contribution in [0.4, 0.5) is 17.1 Å². The molecule has 13 heteroatoms. The molecule has 1 amide bonds. The molecule has 0 aliphatic rings. The Balaban J connectivity index is 1.43. The van der Waals surface area contributed by atoms with Gasteiger partial charge in [-0.15, -0.1) is 0 Å². The molecule has 4 aromatic rings. The van der Waals surface area contributed by atoms with Gasteiger partial charge in [-0.3, -0.25) is 25.0 Å². The molecular weight excluding hydrogens is 502 g/mol. The maximum Gasteiger partial charge on any atom is 0.277 e. The summed E-state index contributed by atoms with van der Waals surface area (Å²) in [7, 11) is -3.90. The Morgan fingerprint density at radius 3 is 2.05 bits per heavy atom. The molecule has 2 N–H and O–H groups in total. The molecule has 0 atom stereocenters. The van der Waals surface area contributed by atoms with Crippen LogP contribution in [0.15, 0.2) is 94.9 Å². The summed E-state index contributed by atoms with van der Waals surface area (Å²) >= 11 is 0. The molecule has 0 heterocycles. The maximum absolute atomic E-state index is 12.6. The van der Waals surface area contributed by atoms with Gasteiger partial charge in [0, 0.05) is 17.8 Å². The smallest absolute Gasteiger partial charge is 0.277 e. The fraction of sp³-hybridized carbons (Fsp3) is 0. The fourth-order valence-electron chi connectivity index (χ4n) is 3.35. The summed E-state index contributed by atoms with van der Waals surface area (Å²) in [4.78, 5) is 35.1.